The van der Waals surface area contributed by atoms with Crippen LogP contribution in [0.4, 0.5) is 0 Å². The van der Waals surface area contributed by atoms with Crippen LogP contribution in [0.2, 0.25) is 0 Å². The van der Waals surface area contributed by atoms with Crippen LogP contribution in [-0.2, 0) is 13.1 Å². The molecular weight excluding hydrogens is 310 g/mol. The molecule has 2 aromatic heterocycles. The smallest absolute Gasteiger partial charge is 0.257 e. The highest BCUT2D eigenvalue weighted by Gasteiger charge is 2.24. The summed E-state index contributed by atoms with van der Waals surface area (Å²) in [5, 5.41) is 7.61. The van der Waals surface area contributed by atoms with Crippen LogP contribution in [-0.4, -0.2) is 45.2 Å². The lowest BCUT2D eigenvalue weighted by Crippen LogP contribution is -2.35. The Hall–Kier alpha value is -1.73. The van der Waals surface area contributed by atoms with E-state index in [-0.39, 0.29) is 5.91 Å². The summed E-state index contributed by atoms with van der Waals surface area (Å²) in [5.41, 5.74) is 3.53. The summed E-state index contributed by atoms with van der Waals surface area (Å²) in [6.45, 7) is 8.22. The lowest BCUT2D eigenvalue weighted by atomic mass is 10.1. The lowest BCUT2D eigenvalue weighted by molar-refractivity contribution is 0.0720. The van der Waals surface area contributed by atoms with Gasteiger partial charge in [-0.25, -0.2) is 4.98 Å². The maximum atomic E-state index is 12.9. The minimum atomic E-state index is 0.0596. The molecule has 1 atom stereocenters. The van der Waals surface area contributed by atoms with E-state index in [0.29, 0.717) is 18.0 Å². The van der Waals surface area contributed by atoms with Crippen molar-refractivity contribution in [1.29, 1.82) is 0 Å². The first-order valence-corrected chi connectivity index (χ1v) is 8.96. The van der Waals surface area contributed by atoms with Gasteiger partial charge in [0.2, 0.25) is 0 Å². The number of hydrogen-bond donors (Lipinski definition) is 1. The molecule has 1 amide bonds. The zero-order chi connectivity index (χ0) is 16.2. The van der Waals surface area contributed by atoms with Gasteiger partial charge >= 0.3 is 0 Å². The summed E-state index contributed by atoms with van der Waals surface area (Å²) in [7, 11) is 0. The van der Waals surface area contributed by atoms with Crippen LogP contribution >= 0.6 is 11.3 Å². The van der Waals surface area contributed by atoms with Gasteiger partial charge in [0.25, 0.3) is 5.91 Å². The third kappa shape index (κ3) is 3.79. The third-order valence-corrected chi connectivity index (χ3v) is 5.23. The Labute approximate surface area is 140 Å². The van der Waals surface area contributed by atoms with E-state index in [2.05, 4.69) is 15.4 Å². The van der Waals surface area contributed by atoms with Gasteiger partial charge in [0.05, 0.1) is 29.5 Å². The van der Waals surface area contributed by atoms with Gasteiger partial charge in [0, 0.05) is 24.2 Å². The van der Waals surface area contributed by atoms with Gasteiger partial charge in [-0.1, -0.05) is 0 Å². The van der Waals surface area contributed by atoms with Crippen molar-refractivity contribution in [3.8, 4) is 0 Å². The fourth-order valence-corrected chi connectivity index (χ4v) is 3.67. The van der Waals surface area contributed by atoms with Gasteiger partial charge in [-0.15, -0.1) is 11.3 Å². The molecule has 1 aliphatic heterocycles. The van der Waals surface area contributed by atoms with Crippen LogP contribution in [0, 0.1) is 12.8 Å². The van der Waals surface area contributed by atoms with Crippen molar-refractivity contribution in [3.63, 3.8) is 0 Å². The van der Waals surface area contributed by atoms with Gasteiger partial charge in [-0.3, -0.25) is 9.48 Å². The first-order chi connectivity index (χ1) is 11.2. The molecule has 7 heteroatoms. The summed E-state index contributed by atoms with van der Waals surface area (Å²) >= 11 is 1.62. The molecule has 0 radical (unpaired) electrons. The van der Waals surface area contributed by atoms with Crippen molar-refractivity contribution in [2.24, 2.45) is 5.92 Å². The van der Waals surface area contributed by atoms with E-state index in [1.807, 2.05) is 30.5 Å². The molecule has 0 aromatic carbocycles. The zero-order valence-electron chi connectivity index (χ0n) is 13.7. The average Bonchev–Trinajstić information content (AvgIpc) is 3.28. The number of rotatable bonds is 6. The third-order valence-electron chi connectivity index (χ3n) is 4.31. The molecule has 1 unspecified atom stereocenters. The number of carbonyl (C=O) groups is 1. The van der Waals surface area contributed by atoms with E-state index in [0.717, 1.165) is 43.2 Å². The molecule has 1 aliphatic rings. The SMILES string of the molecule is CCn1cc(C(=O)N(Cc2scnc2C)CC2CCNC2)cn1. The van der Waals surface area contributed by atoms with Crippen LogP contribution in [0.5, 0.6) is 0 Å². The van der Waals surface area contributed by atoms with Crippen molar-refractivity contribution in [2.75, 3.05) is 19.6 Å². The molecule has 3 heterocycles. The van der Waals surface area contributed by atoms with Crippen LogP contribution in [0.25, 0.3) is 0 Å². The van der Waals surface area contributed by atoms with E-state index >= 15 is 0 Å². The molecule has 1 fully saturated rings. The molecular formula is C16H23N5OS. The van der Waals surface area contributed by atoms with Crippen LogP contribution < -0.4 is 5.32 Å². The van der Waals surface area contributed by atoms with Gasteiger partial charge in [-0.05, 0) is 39.3 Å². The van der Waals surface area contributed by atoms with E-state index < -0.39 is 0 Å². The number of aromatic nitrogens is 3. The number of nitrogens with zero attached hydrogens (tertiary/aromatic N) is 4. The highest BCUT2D eigenvalue weighted by atomic mass is 32.1. The Morgan fingerprint density at radius 1 is 1.57 bits per heavy atom. The topological polar surface area (TPSA) is 63.1 Å². The predicted molar refractivity (Wildman–Crippen MR) is 90.5 cm³/mol. The molecule has 1 N–H and O–H groups in total. The zero-order valence-corrected chi connectivity index (χ0v) is 14.5. The fraction of sp³-hybridized carbons (Fsp3) is 0.562. The van der Waals surface area contributed by atoms with E-state index in [1.165, 1.54) is 0 Å². The van der Waals surface area contributed by atoms with E-state index in [4.69, 9.17) is 0 Å². The van der Waals surface area contributed by atoms with Crippen molar-refractivity contribution < 1.29 is 4.79 Å². The van der Waals surface area contributed by atoms with Gasteiger partial charge in [-0.2, -0.15) is 5.10 Å². The molecule has 23 heavy (non-hydrogen) atoms. The number of nitrogens with one attached hydrogen (secondary N) is 1. The van der Waals surface area contributed by atoms with E-state index in [1.54, 1.807) is 22.2 Å². The second-order valence-electron chi connectivity index (χ2n) is 5.99. The van der Waals surface area contributed by atoms with Gasteiger partial charge < -0.3 is 10.2 Å². The summed E-state index contributed by atoms with van der Waals surface area (Å²) in [6.07, 6.45) is 4.63. The number of amides is 1. The molecule has 1 saturated heterocycles. The first-order valence-electron chi connectivity index (χ1n) is 8.08. The Bertz CT molecular complexity index is 659. The minimum absolute atomic E-state index is 0.0596. The summed E-state index contributed by atoms with van der Waals surface area (Å²) in [5.74, 6) is 0.581. The average molecular weight is 333 g/mol. The Balaban J connectivity index is 1.78. The van der Waals surface area contributed by atoms with Crippen molar-refractivity contribution >= 4 is 17.2 Å². The molecule has 2 aromatic rings. The monoisotopic (exact) mass is 333 g/mol. The molecule has 3 rings (SSSR count). The molecule has 6 nitrogen and oxygen atoms in total. The largest absolute Gasteiger partial charge is 0.333 e. The highest BCUT2D eigenvalue weighted by molar-refractivity contribution is 7.09. The maximum Gasteiger partial charge on any atom is 0.257 e. The van der Waals surface area contributed by atoms with E-state index in [9.17, 15) is 4.79 Å². The second-order valence-corrected chi connectivity index (χ2v) is 6.93. The molecule has 0 aliphatic carbocycles. The normalized spacial score (nSPS) is 17.6. The van der Waals surface area contributed by atoms with Gasteiger partial charge in [0.1, 0.15) is 0 Å². The van der Waals surface area contributed by atoms with Crippen LogP contribution in [0.15, 0.2) is 17.9 Å². The molecule has 124 valence electrons. The fourth-order valence-electron chi connectivity index (χ4n) is 2.88. The van der Waals surface area contributed by atoms with Crippen LogP contribution in [0.1, 0.15) is 34.3 Å². The number of hydrogen-bond acceptors (Lipinski definition) is 5. The quantitative estimate of drug-likeness (QED) is 0.877. The lowest BCUT2D eigenvalue weighted by Gasteiger charge is -2.25. The highest BCUT2D eigenvalue weighted by Crippen LogP contribution is 2.19. The standard InChI is InChI=1S/C16H23N5OS/c1-3-21-9-14(7-19-21)16(22)20(8-13-4-5-17-6-13)10-15-12(2)18-11-23-15/h7,9,11,13,17H,3-6,8,10H2,1-2H3. The number of aryl methyl sites for hydroxylation is 2. The van der Waals surface area contributed by atoms with Crippen LogP contribution in [0.3, 0.4) is 0 Å². The maximum absolute atomic E-state index is 12.9. The predicted octanol–water partition coefficient (Wildman–Crippen LogP) is 1.92. The minimum Gasteiger partial charge on any atom is -0.333 e. The molecule has 0 saturated carbocycles. The van der Waals surface area contributed by atoms with Crippen molar-refractivity contribution in [3.05, 3.63) is 34.0 Å². The number of carbonyl (C=O) groups excluding carboxylic acids is 1. The molecule has 0 spiro atoms. The Morgan fingerprint density at radius 2 is 2.43 bits per heavy atom. The molecule has 0 bridgehead atoms. The van der Waals surface area contributed by atoms with Gasteiger partial charge in [0.15, 0.2) is 0 Å². The number of thiazole rings is 1. The summed E-state index contributed by atoms with van der Waals surface area (Å²) < 4.78 is 1.79. The van der Waals surface area contributed by atoms with Crippen molar-refractivity contribution in [1.82, 2.24) is 25.0 Å². The second kappa shape index (κ2) is 7.23. The Kier molecular flexibility index (Phi) is 5.07. The van der Waals surface area contributed by atoms with Crippen molar-refractivity contribution in [2.45, 2.75) is 33.4 Å². The Morgan fingerprint density at radius 3 is 3.04 bits per heavy atom. The summed E-state index contributed by atoms with van der Waals surface area (Å²) in [6, 6.07) is 0. The summed E-state index contributed by atoms with van der Waals surface area (Å²) in [4.78, 5) is 20.4. The first kappa shape index (κ1) is 16.1.